The molecule has 38 heavy (non-hydrogen) atoms. The maximum absolute atomic E-state index is 13.7. The van der Waals surface area contributed by atoms with E-state index in [-0.39, 0.29) is 11.6 Å². The Morgan fingerprint density at radius 3 is 2.68 bits per heavy atom. The minimum absolute atomic E-state index is 0.175. The Kier molecular flexibility index (Phi) is 6.75. The van der Waals surface area contributed by atoms with Crippen molar-refractivity contribution in [2.45, 2.75) is 50.9 Å². The van der Waals surface area contributed by atoms with Crippen LogP contribution in [0.15, 0.2) is 82.2 Å². The van der Waals surface area contributed by atoms with E-state index in [1.807, 2.05) is 59.3 Å². The lowest BCUT2D eigenvalue weighted by Gasteiger charge is -2.31. The summed E-state index contributed by atoms with van der Waals surface area (Å²) in [5.74, 6) is 2.18. The Bertz CT molecular complexity index is 1550. The molecule has 5 aromatic rings. The van der Waals surface area contributed by atoms with E-state index in [1.165, 1.54) is 0 Å². The highest BCUT2D eigenvalue weighted by Gasteiger charge is 2.33. The first kappa shape index (κ1) is 24.1. The lowest BCUT2D eigenvalue weighted by Crippen LogP contribution is -2.35. The summed E-state index contributed by atoms with van der Waals surface area (Å²) in [6, 6.07) is 21.3. The van der Waals surface area contributed by atoms with Crippen LogP contribution in [0.2, 0.25) is 0 Å². The molecule has 3 aromatic heterocycles. The van der Waals surface area contributed by atoms with Crippen molar-refractivity contribution in [3.05, 3.63) is 106 Å². The molecule has 0 amide bonds. The third-order valence-electron chi connectivity index (χ3n) is 7.34. The number of hydrogen-bond acceptors (Lipinski definition) is 7. The molecule has 3 heterocycles. The van der Waals surface area contributed by atoms with Gasteiger partial charge in [0.25, 0.3) is 5.56 Å². The van der Waals surface area contributed by atoms with Gasteiger partial charge in [-0.15, -0.1) is 5.10 Å². The molecule has 9 nitrogen and oxygen atoms in total. The first-order valence-corrected chi connectivity index (χ1v) is 13.0. The van der Waals surface area contributed by atoms with Gasteiger partial charge in [0.05, 0.1) is 26.0 Å². The molecule has 1 aliphatic rings. The predicted octanol–water partition coefficient (Wildman–Crippen LogP) is 5.02. The largest absolute Gasteiger partial charge is 0.497 e. The van der Waals surface area contributed by atoms with E-state index in [1.54, 1.807) is 13.4 Å². The van der Waals surface area contributed by atoms with Gasteiger partial charge in [-0.1, -0.05) is 43.2 Å². The molecule has 1 aliphatic carbocycles. The molecular formula is C29H30N6O3. The number of aromatic nitrogens is 5. The third kappa shape index (κ3) is 4.84. The summed E-state index contributed by atoms with van der Waals surface area (Å²) in [7, 11) is 1.64. The van der Waals surface area contributed by atoms with Gasteiger partial charge in [0.1, 0.15) is 17.6 Å². The molecular weight excluding hydrogens is 480 g/mol. The number of tetrazole rings is 1. The fourth-order valence-electron chi connectivity index (χ4n) is 5.48. The molecule has 2 aromatic carbocycles. The predicted molar refractivity (Wildman–Crippen MR) is 143 cm³/mol. The van der Waals surface area contributed by atoms with Crippen molar-refractivity contribution >= 4 is 10.9 Å². The summed E-state index contributed by atoms with van der Waals surface area (Å²) >= 11 is 0. The van der Waals surface area contributed by atoms with Crippen LogP contribution in [-0.4, -0.2) is 37.2 Å². The third-order valence-corrected chi connectivity index (χ3v) is 7.34. The second kappa shape index (κ2) is 10.6. The van der Waals surface area contributed by atoms with Crippen molar-refractivity contribution < 1.29 is 9.15 Å². The number of nitrogens with zero attached hydrogens (tertiary/aromatic N) is 5. The van der Waals surface area contributed by atoms with Crippen molar-refractivity contribution in [1.29, 1.82) is 0 Å². The van der Waals surface area contributed by atoms with Gasteiger partial charge in [0.15, 0.2) is 5.82 Å². The minimum Gasteiger partial charge on any atom is -0.497 e. The van der Waals surface area contributed by atoms with Crippen LogP contribution in [-0.2, 0) is 13.1 Å². The Hall–Kier alpha value is -4.24. The normalized spacial score (nSPS) is 14.9. The van der Waals surface area contributed by atoms with E-state index in [0.717, 1.165) is 53.7 Å². The second-order valence-corrected chi connectivity index (χ2v) is 9.80. The van der Waals surface area contributed by atoms with Gasteiger partial charge < -0.3 is 14.1 Å². The molecule has 1 saturated carbocycles. The molecule has 9 heteroatoms. The van der Waals surface area contributed by atoms with Crippen LogP contribution in [0.3, 0.4) is 0 Å². The molecule has 1 N–H and O–H groups in total. The molecule has 0 unspecified atom stereocenters. The van der Waals surface area contributed by atoms with E-state index in [0.29, 0.717) is 24.5 Å². The average Bonchev–Trinajstić information content (AvgIpc) is 3.73. The van der Waals surface area contributed by atoms with Crippen LogP contribution in [0.5, 0.6) is 5.75 Å². The van der Waals surface area contributed by atoms with E-state index in [2.05, 4.69) is 37.5 Å². The minimum atomic E-state index is -0.518. The lowest BCUT2D eigenvalue weighted by atomic mass is 10.0. The summed E-state index contributed by atoms with van der Waals surface area (Å²) in [5.41, 5.74) is 2.26. The van der Waals surface area contributed by atoms with Gasteiger partial charge in [-0.25, -0.2) is 4.68 Å². The maximum atomic E-state index is 13.7. The van der Waals surface area contributed by atoms with Gasteiger partial charge in [-0.05, 0) is 65.2 Å². The molecule has 0 spiro atoms. The summed E-state index contributed by atoms with van der Waals surface area (Å²) < 4.78 is 13.2. The summed E-state index contributed by atoms with van der Waals surface area (Å²) in [5, 5.41) is 13.9. The SMILES string of the molecule is COc1ccc2[nH]c(=O)c([C@@H](c3nnnn3C3CCCC3)N(Cc3ccccc3)Cc3ccco3)cc2c1. The Morgan fingerprint density at radius 2 is 1.92 bits per heavy atom. The van der Waals surface area contributed by atoms with Crippen molar-refractivity contribution in [2.24, 2.45) is 0 Å². The number of hydrogen-bond donors (Lipinski definition) is 1. The molecule has 1 fully saturated rings. The standard InChI is InChI=1S/C29H30N6O3/c1-37-23-13-14-26-21(16-23)17-25(29(36)30-26)27(28-31-32-33-35(28)22-10-5-6-11-22)34(19-24-12-7-15-38-24)18-20-8-3-2-4-9-20/h2-4,7-9,12-17,22,27H,5-6,10-11,18-19H2,1H3,(H,30,36)/t27-/m0/s1. The smallest absolute Gasteiger partial charge is 0.253 e. The van der Waals surface area contributed by atoms with Gasteiger partial charge in [-0.2, -0.15) is 0 Å². The number of aromatic amines is 1. The van der Waals surface area contributed by atoms with Crippen molar-refractivity contribution in [3.8, 4) is 5.75 Å². The number of ether oxygens (including phenoxy) is 1. The quantitative estimate of drug-likeness (QED) is 0.297. The molecule has 6 rings (SSSR count). The van der Waals surface area contributed by atoms with E-state index < -0.39 is 6.04 Å². The molecule has 194 valence electrons. The lowest BCUT2D eigenvalue weighted by molar-refractivity contribution is 0.176. The van der Waals surface area contributed by atoms with Gasteiger partial charge in [0.2, 0.25) is 0 Å². The number of rotatable bonds is 9. The first-order valence-electron chi connectivity index (χ1n) is 13.0. The highest BCUT2D eigenvalue weighted by atomic mass is 16.5. The summed E-state index contributed by atoms with van der Waals surface area (Å²) in [4.78, 5) is 19.0. The van der Waals surface area contributed by atoms with Gasteiger partial charge >= 0.3 is 0 Å². The Morgan fingerprint density at radius 1 is 1.08 bits per heavy atom. The van der Waals surface area contributed by atoms with Gasteiger partial charge in [-0.3, -0.25) is 9.69 Å². The van der Waals surface area contributed by atoms with Crippen LogP contribution >= 0.6 is 0 Å². The van der Waals surface area contributed by atoms with Crippen LogP contribution in [0.4, 0.5) is 0 Å². The van der Waals surface area contributed by atoms with E-state index in [4.69, 9.17) is 9.15 Å². The zero-order valence-electron chi connectivity index (χ0n) is 21.3. The van der Waals surface area contributed by atoms with Crippen LogP contribution in [0.1, 0.15) is 60.5 Å². The topological polar surface area (TPSA) is 102 Å². The fourth-order valence-corrected chi connectivity index (χ4v) is 5.48. The Labute approximate surface area is 220 Å². The zero-order chi connectivity index (χ0) is 25.9. The fraction of sp³-hybridized carbons (Fsp3) is 0.310. The number of furan rings is 1. The highest BCUT2D eigenvalue weighted by molar-refractivity contribution is 5.80. The van der Waals surface area contributed by atoms with Crippen LogP contribution in [0.25, 0.3) is 10.9 Å². The molecule has 0 aliphatic heterocycles. The van der Waals surface area contributed by atoms with Crippen LogP contribution in [0, 0.1) is 0 Å². The van der Waals surface area contributed by atoms with Crippen molar-refractivity contribution in [2.75, 3.05) is 7.11 Å². The summed E-state index contributed by atoms with van der Waals surface area (Å²) in [6.45, 7) is 1.04. The number of fused-ring (bicyclic) bond motifs is 1. The van der Waals surface area contributed by atoms with Crippen LogP contribution < -0.4 is 10.3 Å². The van der Waals surface area contributed by atoms with E-state index >= 15 is 0 Å². The monoisotopic (exact) mass is 510 g/mol. The van der Waals surface area contributed by atoms with E-state index in [9.17, 15) is 4.79 Å². The van der Waals surface area contributed by atoms with Gasteiger partial charge in [0, 0.05) is 23.0 Å². The second-order valence-electron chi connectivity index (χ2n) is 9.80. The maximum Gasteiger partial charge on any atom is 0.253 e. The number of methoxy groups -OCH3 is 1. The van der Waals surface area contributed by atoms with Crippen molar-refractivity contribution in [3.63, 3.8) is 0 Å². The number of nitrogens with one attached hydrogen (secondary N) is 1. The Balaban J connectivity index is 1.53. The molecule has 0 bridgehead atoms. The molecule has 0 saturated heterocycles. The average molecular weight is 511 g/mol. The number of benzene rings is 2. The number of pyridine rings is 1. The molecule has 0 radical (unpaired) electrons. The number of H-pyrrole nitrogens is 1. The summed E-state index contributed by atoms with van der Waals surface area (Å²) in [6.07, 6.45) is 6.00. The molecule has 1 atom stereocenters. The zero-order valence-corrected chi connectivity index (χ0v) is 21.3. The first-order chi connectivity index (χ1) is 18.7. The highest BCUT2D eigenvalue weighted by Crippen LogP contribution is 2.35. The van der Waals surface area contributed by atoms with Crippen molar-refractivity contribution in [1.82, 2.24) is 30.1 Å².